The third-order valence-corrected chi connectivity index (χ3v) is 2.32. The van der Waals surface area contributed by atoms with E-state index in [1.807, 2.05) is 6.07 Å². The molecule has 0 radical (unpaired) electrons. The van der Waals surface area contributed by atoms with Gasteiger partial charge in [0.15, 0.2) is 0 Å². The van der Waals surface area contributed by atoms with Gasteiger partial charge in [0.1, 0.15) is 5.15 Å². The van der Waals surface area contributed by atoms with Crippen molar-refractivity contribution in [3.05, 3.63) is 23.0 Å². The summed E-state index contributed by atoms with van der Waals surface area (Å²) in [6.45, 7) is 0.499. The molecular weight excluding hydrogens is 186 g/mol. The lowest BCUT2D eigenvalue weighted by Crippen LogP contribution is -2.07. The third-order valence-electron chi connectivity index (χ3n) is 2.11. The summed E-state index contributed by atoms with van der Waals surface area (Å²) in [5, 5.41) is 3.89. The van der Waals surface area contributed by atoms with E-state index in [0.717, 1.165) is 11.3 Å². The molecule has 70 valence electrons. The monoisotopic (exact) mass is 197 g/mol. The number of anilines is 1. The molecule has 1 fully saturated rings. The molecule has 3 nitrogen and oxygen atoms in total. The molecular formula is C9H12ClN3. The van der Waals surface area contributed by atoms with Crippen molar-refractivity contribution >= 4 is 17.3 Å². The van der Waals surface area contributed by atoms with Crippen molar-refractivity contribution in [1.29, 1.82) is 0 Å². The second-order valence-electron chi connectivity index (χ2n) is 3.29. The molecule has 0 saturated heterocycles. The lowest BCUT2D eigenvalue weighted by Gasteiger charge is -2.09. The first-order chi connectivity index (χ1) is 6.29. The van der Waals surface area contributed by atoms with Gasteiger partial charge in [-0.25, -0.2) is 4.98 Å². The van der Waals surface area contributed by atoms with Gasteiger partial charge in [0.2, 0.25) is 0 Å². The summed E-state index contributed by atoms with van der Waals surface area (Å²) in [5.41, 5.74) is 7.63. The standard InChI is InChI=1S/C9H12ClN3/c10-9-3-8(13-7-1-2-7)6(4-11)5-12-9/h3,5,7H,1-2,4,11H2,(H,12,13). The van der Waals surface area contributed by atoms with Crippen LogP contribution in [0.5, 0.6) is 0 Å². The molecule has 0 unspecified atom stereocenters. The summed E-state index contributed by atoms with van der Waals surface area (Å²) >= 11 is 5.79. The number of rotatable bonds is 3. The largest absolute Gasteiger partial charge is 0.382 e. The van der Waals surface area contributed by atoms with Crippen molar-refractivity contribution in [2.24, 2.45) is 5.73 Å². The number of nitrogens with zero attached hydrogens (tertiary/aromatic N) is 1. The van der Waals surface area contributed by atoms with E-state index in [4.69, 9.17) is 17.3 Å². The van der Waals surface area contributed by atoms with Crippen molar-refractivity contribution in [3.8, 4) is 0 Å². The normalized spacial score (nSPS) is 15.8. The van der Waals surface area contributed by atoms with E-state index in [1.165, 1.54) is 12.8 Å². The third kappa shape index (κ3) is 2.11. The van der Waals surface area contributed by atoms with Crippen LogP contribution in [0, 0.1) is 0 Å². The molecule has 0 spiro atoms. The highest BCUT2D eigenvalue weighted by molar-refractivity contribution is 6.29. The smallest absolute Gasteiger partial charge is 0.131 e. The van der Waals surface area contributed by atoms with Crippen molar-refractivity contribution in [3.63, 3.8) is 0 Å². The van der Waals surface area contributed by atoms with Gasteiger partial charge >= 0.3 is 0 Å². The summed E-state index contributed by atoms with van der Waals surface area (Å²) in [5.74, 6) is 0. The first kappa shape index (κ1) is 8.78. The molecule has 0 aliphatic heterocycles. The van der Waals surface area contributed by atoms with Gasteiger partial charge in [-0.15, -0.1) is 0 Å². The van der Waals surface area contributed by atoms with Gasteiger partial charge in [-0.1, -0.05) is 11.6 Å². The lowest BCUT2D eigenvalue weighted by atomic mass is 10.2. The fourth-order valence-corrected chi connectivity index (χ4v) is 1.36. The van der Waals surface area contributed by atoms with Crippen molar-refractivity contribution < 1.29 is 0 Å². The van der Waals surface area contributed by atoms with E-state index in [9.17, 15) is 0 Å². The van der Waals surface area contributed by atoms with Crippen LogP contribution < -0.4 is 11.1 Å². The topological polar surface area (TPSA) is 50.9 Å². The highest BCUT2D eigenvalue weighted by atomic mass is 35.5. The van der Waals surface area contributed by atoms with Gasteiger partial charge < -0.3 is 11.1 Å². The van der Waals surface area contributed by atoms with E-state index in [0.29, 0.717) is 17.7 Å². The van der Waals surface area contributed by atoms with Crippen LogP contribution in [0.25, 0.3) is 0 Å². The SMILES string of the molecule is NCc1cnc(Cl)cc1NC1CC1. The Morgan fingerprint density at radius 3 is 3.00 bits per heavy atom. The van der Waals surface area contributed by atoms with Crippen LogP contribution in [0.15, 0.2) is 12.3 Å². The maximum atomic E-state index is 5.79. The zero-order chi connectivity index (χ0) is 9.26. The van der Waals surface area contributed by atoms with Crippen molar-refractivity contribution in [2.75, 3.05) is 5.32 Å². The Bertz CT molecular complexity index is 310. The Kier molecular flexibility index (Phi) is 2.38. The molecule has 0 atom stereocenters. The van der Waals surface area contributed by atoms with Crippen molar-refractivity contribution in [2.45, 2.75) is 25.4 Å². The van der Waals surface area contributed by atoms with E-state index in [-0.39, 0.29) is 0 Å². The summed E-state index contributed by atoms with van der Waals surface area (Å²) in [7, 11) is 0. The number of nitrogens with one attached hydrogen (secondary N) is 1. The summed E-state index contributed by atoms with van der Waals surface area (Å²) in [6, 6.07) is 2.45. The van der Waals surface area contributed by atoms with E-state index < -0.39 is 0 Å². The van der Waals surface area contributed by atoms with Crippen LogP contribution in [0.4, 0.5) is 5.69 Å². The molecule has 1 heterocycles. The maximum Gasteiger partial charge on any atom is 0.131 e. The average Bonchev–Trinajstić information content (AvgIpc) is 2.89. The van der Waals surface area contributed by atoms with Gasteiger partial charge in [-0.2, -0.15) is 0 Å². The fourth-order valence-electron chi connectivity index (χ4n) is 1.20. The number of hydrogen-bond acceptors (Lipinski definition) is 3. The first-order valence-electron chi connectivity index (χ1n) is 4.40. The van der Waals surface area contributed by atoms with Crippen LogP contribution in [-0.2, 0) is 6.54 Å². The first-order valence-corrected chi connectivity index (χ1v) is 4.78. The second kappa shape index (κ2) is 3.52. The van der Waals surface area contributed by atoms with Crippen LogP contribution in [0.2, 0.25) is 5.15 Å². The average molecular weight is 198 g/mol. The molecule has 0 bridgehead atoms. The van der Waals surface area contributed by atoms with E-state index in [2.05, 4.69) is 10.3 Å². The molecule has 3 N–H and O–H groups in total. The summed E-state index contributed by atoms with van der Waals surface area (Å²) in [4.78, 5) is 3.98. The molecule has 0 aromatic carbocycles. The molecule has 1 aromatic heterocycles. The highest BCUT2D eigenvalue weighted by Gasteiger charge is 2.21. The predicted molar refractivity (Wildman–Crippen MR) is 53.8 cm³/mol. The van der Waals surface area contributed by atoms with Gasteiger partial charge in [-0.05, 0) is 18.9 Å². The number of hydrogen-bond donors (Lipinski definition) is 2. The molecule has 1 aliphatic carbocycles. The Morgan fingerprint density at radius 2 is 2.38 bits per heavy atom. The molecule has 0 amide bonds. The van der Waals surface area contributed by atoms with Crippen molar-refractivity contribution in [1.82, 2.24) is 4.98 Å². The van der Waals surface area contributed by atoms with Crippen LogP contribution in [0.3, 0.4) is 0 Å². The lowest BCUT2D eigenvalue weighted by molar-refractivity contribution is 1.03. The molecule has 13 heavy (non-hydrogen) atoms. The minimum atomic E-state index is 0.499. The summed E-state index contributed by atoms with van der Waals surface area (Å²) < 4.78 is 0. The number of halogens is 1. The second-order valence-corrected chi connectivity index (χ2v) is 3.67. The predicted octanol–water partition coefficient (Wildman–Crippen LogP) is 1.77. The van der Waals surface area contributed by atoms with E-state index in [1.54, 1.807) is 6.20 Å². The Labute approximate surface area is 82.3 Å². The van der Waals surface area contributed by atoms with E-state index >= 15 is 0 Å². The zero-order valence-corrected chi connectivity index (χ0v) is 8.01. The Balaban J connectivity index is 2.22. The summed E-state index contributed by atoms with van der Waals surface area (Å²) in [6.07, 6.45) is 4.21. The minimum absolute atomic E-state index is 0.499. The van der Waals surface area contributed by atoms with Gasteiger partial charge in [-0.3, -0.25) is 0 Å². The van der Waals surface area contributed by atoms with Crippen LogP contribution in [0.1, 0.15) is 18.4 Å². The molecule has 4 heteroatoms. The zero-order valence-electron chi connectivity index (χ0n) is 7.26. The number of pyridine rings is 1. The van der Waals surface area contributed by atoms with Gasteiger partial charge in [0.25, 0.3) is 0 Å². The quantitative estimate of drug-likeness (QED) is 0.727. The molecule has 1 saturated carbocycles. The minimum Gasteiger partial charge on any atom is -0.382 e. The van der Waals surface area contributed by atoms with Gasteiger partial charge in [0.05, 0.1) is 0 Å². The molecule has 2 rings (SSSR count). The Morgan fingerprint density at radius 1 is 1.62 bits per heavy atom. The fraction of sp³-hybridized carbons (Fsp3) is 0.444. The highest BCUT2D eigenvalue weighted by Crippen LogP contribution is 2.27. The molecule has 1 aliphatic rings. The number of aromatic nitrogens is 1. The number of nitrogens with two attached hydrogens (primary N) is 1. The Hall–Kier alpha value is -0.800. The van der Waals surface area contributed by atoms with Gasteiger partial charge in [0, 0.05) is 30.0 Å². The maximum absolute atomic E-state index is 5.79. The van der Waals surface area contributed by atoms with Crippen LogP contribution in [-0.4, -0.2) is 11.0 Å². The van der Waals surface area contributed by atoms with Crippen LogP contribution >= 0.6 is 11.6 Å². The molecule has 1 aromatic rings.